The number of aryl methyl sites for hydroxylation is 2. The SMILES string of the molecule is CC(C)CCc1ccc2c(=O)n(CCC(=O)O)c(=O)n(Cc3cn(C)c4ccccc34)c2c1. The summed E-state index contributed by atoms with van der Waals surface area (Å²) in [5.41, 5.74) is 2.76. The van der Waals surface area contributed by atoms with Crippen LogP contribution in [0.5, 0.6) is 0 Å². The van der Waals surface area contributed by atoms with Crippen molar-refractivity contribution in [2.45, 2.75) is 46.2 Å². The normalized spacial score (nSPS) is 11.6. The van der Waals surface area contributed by atoms with Gasteiger partial charge in [0.15, 0.2) is 0 Å². The smallest absolute Gasteiger partial charge is 0.331 e. The molecule has 7 heteroatoms. The molecule has 0 aliphatic carbocycles. The van der Waals surface area contributed by atoms with Gasteiger partial charge in [-0.2, -0.15) is 0 Å². The number of carboxylic acids is 1. The second kappa shape index (κ2) is 9.10. The van der Waals surface area contributed by atoms with Crippen molar-refractivity contribution in [3.63, 3.8) is 0 Å². The van der Waals surface area contributed by atoms with Gasteiger partial charge in [0.1, 0.15) is 0 Å². The van der Waals surface area contributed by atoms with Gasteiger partial charge < -0.3 is 9.67 Å². The molecule has 0 amide bonds. The first-order valence-corrected chi connectivity index (χ1v) is 11.3. The molecule has 0 spiro atoms. The lowest BCUT2D eigenvalue weighted by Gasteiger charge is -2.15. The second-order valence-electron chi connectivity index (χ2n) is 9.04. The number of aliphatic carboxylic acids is 1. The van der Waals surface area contributed by atoms with Crippen molar-refractivity contribution >= 4 is 27.8 Å². The summed E-state index contributed by atoms with van der Waals surface area (Å²) in [6, 6.07) is 13.6. The Morgan fingerprint density at radius 3 is 2.48 bits per heavy atom. The number of hydrogen-bond acceptors (Lipinski definition) is 3. The fraction of sp³-hybridized carbons (Fsp3) is 0.346. The van der Waals surface area contributed by atoms with Gasteiger partial charge in [-0.15, -0.1) is 0 Å². The van der Waals surface area contributed by atoms with Crippen LogP contribution in [-0.4, -0.2) is 24.8 Å². The molecule has 0 radical (unpaired) electrons. The summed E-state index contributed by atoms with van der Waals surface area (Å²) in [5, 5.41) is 10.6. The van der Waals surface area contributed by atoms with Crippen LogP contribution < -0.4 is 11.2 Å². The van der Waals surface area contributed by atoms with Crippen LogP contribution in [-0.2, 0) is 31.4 Å². The van der Waals surface area contributed by atoms with Crippen LogP contribution in [0.25, 0.3) is 21.8 Å². The third-order valence-electron chi connectivity index (χ3n) is 6.16. The van der Waals surface area contributed by atoms with Crippen LogP contribution in [0, 0.1) is 5.92 Å². The Balaban J connectivity index is 1.91. The van der Waals surface area contributed by atoms with Crippen molar-refractivity contribution in [3.8, 4) is 0 Å². The number of para-hydroxylation sites is 1. The largest absolute Gasteiger partial charge is 0.481 e. The fourth-order valence-corrected chi connectivity index (χ4v) is 4.35. The molecule has 2 heterocycles. The Hall–Kier alpha value is -3.61. The molecule has 4 rings (SSSR count). The maximum absolute atomic E-state index is 13.5. The average molecular weight is 448 g/mol. The number of fused-ring (bicyclic) bond motifs is 2. The van der Waals surface area contributed by atoms with Crippen molar-refractivity contribution in [3.05, 3.63) is 80.6 Å². The highest BCUT2D eigenvalue weighted by Crippen LogP contribution is 2.22. The minimum absolute atomic E-state index is 0.159. The summed E-state index contributed by atoms with van der Waals surface area (Å²) in [5.74, 6) is -0.506. The van der Waals surface area contributed by atoms with Gasteiger partial charge in [-0.3, -0.25) is 18.7 Å². The molecule has 0 saturated heterocycles. The quantitative estimate of drug-likeness (QED) is 0.446. The molecule has 4 aromatic rings. The third-order valence-corrected chi connectivity index (χ3v) is 6.16. The number of rotatable bonds is 8. The van der Waals surface area contributed by atoms with Crippen LogP contribution in [0.3, 0.4) is 0 Å². The first-order chi connectivity index (χ1) is 15.8. The molecule has 2 aromatic carbocycles. The molecule has 0 aliphatic rings. The van der Waals surface area contributed by atoms with Gasteiger partial charge in [0.25, 0.3) is 5.56 Å². The summed E-state index contributed by atoms with van der Waals surface area (Å²) in [6.45, 7) is 4.46. The van der Waals surface area contributed by atoms with Gasteiger partial charge in [0, 0.05) is 30.7 Å². The number of carboxylic acid groups (broad SMARTS) is 1. The monoisotopic (exact) mass is 447 g/mol. The predicted octanol–water partition coefficient (Wildman–Crippen LogP) is 3.77. The number of carbonyl (C=O) groups is 1. The Kier molecular flexibility index (Phi) is 6.22. The van der Waals surface area contributed by atoms with E-state index in [2.05, 4.69) is 13.8 Å². The summed E-state index contributed by atoms with van der Waals surface area (Å²) in [7, 11) is 1.96. The molecule has 0 unspecified atom stereocenters. The van der Waals surface area contributed by atoms with Crippen LogP contribution >= 0.6 is 0 Å². The standard InChI is InChI=1S/C26H29N3O4/c1-17(2)8-9-18-10-11-21-23(14-18)29(26(33)28(25(21)32)13-12-24(30)31)16-19-15-27(3)22-7-5-4-6-20(19)22/h4-7,10-11,14-15,17H,8-9,12-13,16H2,1-3H3,(H,30,31). The molecule has 172 valence electrons. The molecular formula is C26H29N3O4. The van der Waals surface area contributed by atoms with E-state index in [4.69, 9.17) is 5.11 Å². The van der Waals surface area contributed by atoms with Crippen molar-refractivity contribution < 1.29 is 9.90 Å². The van der Waals surface area contributed by atoms with Crippen LogP contribution in [0.4, 0.5) is 0 Å². The highest BCUT2D eigenvalue weighted by Gasteiger charge is 2.17. The molecule has 0 fully saturated rings. The zero-order chi connectivity index (χ0) is 23.7. The Labute approximate surface area is 191 Å². The third kappa shape index (κ3) is 4.49. The van der Waals surface area contributed by atoms with E-state index in [1.807, 2.05) is 54.2 Å². The molecule has 2 aromatic heterocycles. The van der Waals surface area contributed by atoms with Gasteiger partial charge in [-0.05, 0) is 48.1 Å². The van der Waals surface area contributed by atoms with E-state index in [1.54, 1.807) is 10.6 Å². The Bertz CT molecular complexity index is 1460. The van der Waals surface area contributed by atoms with E-state index in [-0.39, 0.29) is 19.5 Å². The highest BCUT2D eigenvalue weighted by atomic mass is 16.4. The van der Waals surface area contributed by atoms with Gasteiger partial charge in [-0.25, -0.2) is 4.79 Å². The topological polar surface area (TPSA) is 86.2 Å². The second-order valence-corrected chi connectivity index (χ2v) is 9.04. The summed E-state index contributed by atoms with van der Waals surface area (Å²) in [4.78, 5) is 37.7. The van der Waals surface area contributed by atoms with Crippen molar-refractivity contribution in [2.24, 2.45) is 13.0 Å². The zero-order valence-corrected chi connectivity index (χ0v) is 19.2. The number of benzene rings is 2. The minimum atomic E-state index is -1.05. The van der Waals surface area contributed by atoms with Crippen molar-refractivity contribution in [2.75, 3.05) is 0 Å². The van der Waals surface area contributed by atoms with E-state index < -0.39 is 17.2 Å². The zero-order valence-electron chi connectivity index (χ0n) is 19.2. The van der Waals surface area contributed by atoms with E-state index >= 15 is 0 Å². The minimum Gasteiger partial charge on any atom is -0.481 e. The molecule has 0 aliphatic heterocycles. The summed E-state index contributed by atoms with van der Waals surface area (Å²) >= 11 is 0. The number of aromatic nitrogens is 3. The molecular weight excluding hydrogens is 418 g/mol. The summed E-state index contributed by atoms with van der Waals surface area (Å²) < 4.78 is 4.68. The van der Waals surface area contributed by atoms with Gasteiger partial charge in [0.2, 0.25) is 0 Å². The molecule has 7 nitrogen and oxygen atoms in total. The van der Waals surface area contributed by atoms with Gasteiger partial charge in [-0.1, -0.05) is 38.1 Å². The van der Waals surface area contributed by atoms with Crippen molar-refractivity contribution in [1.29, 1.82) is 0 Å². The first-order valence-electron chi connectivity index (χ1n) is 11.3. The highest BCUT2D eigenvalue weighted by molar-refractivity contribution is 5.84. The lowest BCUT2D eigenvalue weighted by Crippen LogP contribution is -2.40. The van der Waals surface area contributed by atoms with Crippen LogP contribution in [0.2, 0.25) is 0 Å². The Morgan fingerprint density at radius 2 is 1.76 bits per heavy atom. The number of hydrogen-bond donors (Lipinski definition) is 1. The van der Waals surface area contributed by atoms with Crippen molar-refractivity contribution in [1.82, 2.24) is 13.7 Å². The average Bonchev–Trinajstić information content (AvgIpc) is 3.10. The van der Waals surface area contributed by atoms with E-state index in [0.29, 0.717) is 16.8 Å². The maximum atomic E-state index is 13.5. The predicted molar refractivity (Wildman–Crippen MR) is 130 cm³/mol. The maximum Gasteiger partial charge on any atom is 0.331 e. The lowest BCUT2D eigenvalue weighted by atomic mass is 10.0. The first kappa shape index (κ1) is 22.6. The van der Waals surface area contributed by atoms with E-state index in [0.717, 1.165) is 39.4 Å². The van der Waals surface area contributed by atoms with E-state index in [9.17, 15) is 14.4 Å². The molecule has 0 bridgehead atoms. The van der Waals surface area contributed by atoms with Gasteiger partial charge in [0.05, 0.1) is 23.9 Å². The number of nitrogens with zero attached hydrogens (tertiary/aromatic N) is 3. The van der Waals surface area contributed by atoms with Crippen LogP contribution in [0.15, 0.2) is 58.3 Å². The fourth-order valence-electron chi connectivity index (χ4n) is 4.35. The van der Waals surface area contributed by atoms with E-state index in [1.165, 1.54) is 0 Å². The summed E-state index contributed by atoms with van der Waals surface area (Å²) in [6.07, 6.45) is 3.58. The molecule has 0 saturated carbocycles. The molecule has 33 heavy (non-hydrogen) atoms. The molecule has 1 N–H and O–H groups in total. The van der Waals surface area contributed by atoms with Crippen LogP contribution in [0.1, 0.15) is 37.8 Å². The Morgan fingerprint density at radius 1 is 1.00 bits per heavy atom. The molecule has 0 atom stereocenters. The lowest BCUT2D eigenvalue weighted by molar-refractivity contribution is -0.137. The van der Waals surface area contributed by atoms with Gasteiger partial charge >= 0.3 is 11.7 Å².